The third-order valence-corrected chi connectivity index (χ3v) is 9.35. The summed E-state index contributed by atoms with van der Waals surface area (Å²) >= 11 is 0. The van der Waals surface area contributed by atoms with Gasteiger partial charge in [0, 0.05) is 12.1 Å². The summed E-state index contributed by atoms with van der Waals surface area (Å²) in [5, 5.41) is 2.37. The first-order valence-electron chi connectivity index (χ1n) is 8.58. The van der Waals surface area contributed by atoms with Gasteiger partial charge in [0.05, 0.1) is 28.8 Å². The summed E-state index contributed by atoms with van der Waals surface area (Å²) in [7, 11) is -5.58. The lowest BCUT2D eigenvalue weighted by atomic mass is 10.2. The van der Waals surface area contributed by atoms with Gasteiger partial charge in [-0.1, -0.05) is 12.8 Å². The van der Waals surface area contributed by atoms with E-state index in [9.17, 15) is 16.8 Å². The molecule has 1 aromatic rings. The maximum Gasteiger partial charge on any atom is 0.183 e. The summed E-state index contributed by atoms with van der Waals surface area (Å²) in [5.74, 6) is 0.187. The van der Waals surface area contributed by atoms with E-state index < -0.39 is 31.0 Å². The topological polar surface area (TPSA) is 89.5 Å². The Morgan fingerprint density at radius 1 is 1.16 bits per heavy atom. The second-order valence-electron chi connectivity index (χ2n) is 7.05. The van der Waals surface area contributed by atoms with Crippen LogP contribution >= 0.6 is 0 Å². The van der Waals surface area contributed by atoms with Crippen molar-refractivity contribution in [3.05, 3.63) is 23.8 Å². The van der Waals surface area contributed by atoms with Crippen LogP contribution in [0, 0.1) is 6.92 Å². The van der Waals surface area contributed by atoms with Crippen LogP contribution in [-0.4, -0.2) is 52.8 Å². The number of hydrogen-bond donors (Lipinski definition) is 1. The van der Waals surface area contributed by atoms with Crippen molar-refractivity contribution in [3.8, 4) is 5.75 Å². The number of rotatable bonds is 5. The van der Waals surface area contributed by atoms with Crippen LogP contribution in [0.3, 0.4) is 0 Å². The highest BCUT2D eigenvalue weighted by Gasteiger charge is 2.46. The zero-order chi connectivity index (χ0) is 18.2. The molecule has 0 radical (unpaired) electrons. The Morgan fingerprint density at radius 3 is 2.44 bits per heavy atom. The molecule has 2 atom stereocenters. The lowest BCUT2D eigenvalue weighted by molar-refractivity contribution is 0.411. The van der Waals surface area contributed by atoms with E-state index in [4.69, 9.17) is 4.74 Å². The molecule has 1 aliphatic heterocycles. The van der Waals surface area contributed by atoms with Crippen LogP contribution in [0.25, 0.3) is 0 Å². The van der Waals surface area contributed by atoms with E-state index in [0.717, 1.165) is 25.7 Å². The first-order chi connectivity index (χ1) is 11.7. The van der Waals surface area contributed by atoms with Gasteiger partial charge in [0.1, 0.15) is 5.75 Å². The van der Waals surface area contributed by atoms with Crippen molar-refractivity contribution in [2.45, 2.75) is 54.8 Å². The van der Waals surface area contributed by atoms with Gasteiger partial charge in [-0.15, -0.1) is 0 Å². The largest absolute Gasteiger partial charge is 0.496 e. The van der Waals surface area contributed by atoms with Crippen molar-refractivity contribution in [2.24, 2.45) is 0 Å². The van der Waals surface area contributed by atoms with E-state index in [1.165, 1.54) is 13.2 Å². The second kappa shape index (κ2) is 6.89. The average Bonchev–Trinajstić information content (AvgIpc) is 3.15. The fraction of sp³-hybridized carbons (Fsp3) is 0.647. The van der Waals surface area contributed by atoms with Crippen molar-refractivity contribution in [1.82, 2.24) is 5.32 Å². The number of nitrogens with one attached hydrogen (secondary N) is 1. The van der Waals surface area contributed by atoms with Gasteiger partial charge in [-0.05, 0) is 43.5 Å². The molecular weight excluding hydrogens is 362 g/mol. The molecule has 0 spiro atoms. The van der Waals surface area contributed by atoms with E-state index in [1.807, 2.05) is 0 Å². The van der Waals surface area contributed by atoms with Gasteiger partial charge in [0.2, 0.25) is 0 Å². The summed E-state index contributed by atoms with van der Waals surface area (Å²) in [6.45, 7) is 1.78. The molecule has 140 valence electrons. The third kappa shape index (κ3) is 3.85. The highest BCUT2D eigenvalue weighted by Crippen LogP contribution is 2.30. The SMILES string of the molecule is COc1ccc(S(=O)(=O)[C@H]2CS(=O)(=O)C[C@@H]2NC2CCCC2)cc1C. The summed E-state index contributed by atoms with van der Waals surface area (Å²) in [5.41, 5.74) is 0.713. The molecule has 3 rings (SSSR count). The number of benzene rings is 1. The minimum atomic E-state index is -3.75. The highest BCUT2D eigenvalue weighted by atomic mass is 32.2. The predicted octanol–water partition coefficient (Wildman–Crippen LogP) is 1.48. The van der Waals surface area contributed by atoms with E-state index in [2.05, 4.69) is 5.32 Å². The third-order valence-electron chi connectivity index (χ3n) is 5.20. The molecule has 1 N–H and O–H groups in total. The van der Waals surface area contributed by atoms with Crippen molar-refractivity contribution in [2.75, 3.05) is 18.6 Å². The van der Waals surface area contributed by atoms with E-state index >= 15 is 0 Å². The van der Waals surface area contributed by atoms with Crippen LogP contribution in [0.4, 0.5) is 0 Å². The molecule has 0 bridgehead atoms. The van der Waals surface area contributed by atoms with Crippen LogP contribution in [0.1, 0.15) is 31.2 Å². The predicted molar refractivity (Wildman–Crippen MR) is 96.5 cm³/mol. The molecule has 1 saturated carbocycles. The molecular formula is C17H25NO5S2. The zero-order valence-electron chi connectivity index (χ0n) is 14.6. The first-order valence-corrected chi connectivity index (χ1v) is 11.9. The number of hydrogen-bond acceptors (Lipinski definition) is 6. The Kier molecular flexibility index (Phi) is 5.14. The van der Waals surface area contributed by atoms with Gasteiger partial charge in [-0.25, -0.2) is 16.8 Å². The van der Waals surface area contributed by atoms with E-state index in [0.29, 0.717) is 11.3 Å². The normalized spacial score (nSPS) is 26.8. The number of aryl methyl sites for hydroxylation is 1. The minimum Gasteiger partial charge on any atom is -0.496 e. The van der Waals surface area contributed by atoms with Gasteiger partial charge in [0.15, 0.2) is 19.7 Å². The highest BCUT2D eigenvalue weighted by molar-refractivity contribution is 7.96. The summed E-state index contributed by atoms with van der Waals surface area (Å²) in [6.07, 6.45) is 4.16. The fourth-order valence-electron chi connectivity index (χ4n) is 3.87. The molecule has 8 heteroatoms. The van der Waals surface area contributed by atoms with Gasteiger partial charge in [-0.2, -0.15) is 0 Å². The smallest absolute Gasteiger partial charge is 0.183 e. The van der Waals surface area contributed by atoms with Gasteiger partial charge < -0.3 is 10.1 Å². The van der Waals surface area contributed by atoms with Crippen LogP contribution in [-0.2, 0) is 19.7 Å². The zero-order valence-corrected chi connectivity index (χ0v) is 16.2. The summed E-state index contributed by atoms with van der Waals surface area (Å²) in [6, 6.07) is 4.35. The van der Waals surface area contributed by atoms with Gasteiger partial charge in [-0.3, -0.25) is 0 Å². The Labute approximate surface area is 149 Å². The molecule has 1 aliphatic carbocycles. The summed E-state index contributed by atoms with van der Waals surface area (Å²) < 4.78 is 55.7. The molecule has 1 heterocycles. The Morgan fingerprint density at radius 2 is 1.84 bits per heavy atom. The van der Waals surface area contributed by atoms with Gasteiger partial charge in [0.25, 0.3) is 0 Å². The Bertz CT molecular complexity index is 842. The molecule has 1 aromatic carbocycles. The van der Waals surface area contributed by atoms with Gasteiger partial charge >= 0.3 is 0 Å². The maximum atomic E-state index is 13.1. The Balaban J connectivity index is 1.91. The molecule has 2 fully saturated rings. The quantitative estimate of drug-likeness (QED) is 0.823. The number of ether oxygens (including phenoxy) is 1. The van der Waals surface area contributed by atoms with Crippen LogP contribution < -0.4 is 10.1 Å². The number of sulfone groups is 2. The summed E-state index contributed by atoms with van der Waals surface area (Å²) in [4.78, 5) is 0.158. The molecule has 25 heavy (non-hydrogen) atoms. The minimum absolute atomic E-state index is 0.109. The fourth-order valence-corrected chi connectivity index (χ4v) is 8.64. The van der Waals surface area contributed by atoms with Crippen molar-refractivity contribution in [1.29, 1.82) is 0 Å². The van der Waals surface area contributed by atoms with Crippen LogP contribution in [0.5, 0.6) is 5.75 Å². The molecule has 0 unspecified atom stereocenters. The first kappa shape index (κ1) is 18.7. The van der Waals surface area contributed by atoms with E-state index in [-0.39, 0.29) is 22.4 Å². The monoisotopic (exact) mass is 387 g/mol. The maximum absolute atomic E-state index is 13.1. The second-order valence-corrected chi connectivity index (χ2v) is 11.4. The molecule has 0 aromatic heterocycles. The van der Waals surface area contributed by atoms with Crippen LogP contribution in [0.2, 0.25) is 0 Å². The van der Waals surface area contributed by atoms with Crippen LogP contribution in [0.15, 0.2) is 23.1 Å². The standard InChI is InChI=1S/C17H25NO5S2/c1-12-9-14(7-8-16(12)23-2)25(21,22)17-11-24(19,20)10-15(17)18-13-5-3-4-6-13/h7-9,13,15,17-18H,3-6,10-11H2,1-2H3/t15-,17-/m0/s1. The molecule has 0 amide bonds. The lowest BCUT2D eigenvalue weighted by Gasteiger charge is -2.23. The average molecular weight is 388 g/mol. The van der Waals surface area contributed by atoms with Crippen molar-refractivity contribution >= 4 is 19.7 Å². The van der Waals surface area contributed by atoms with Crippen molar-refractivity contribution in [3.63, 3.8) is 0 Å². The van der Waals surface area contributed by atoms with Crippen molar-refractivity contribution < 1.29 is 21.6 Å². The molecule has 6 nitrogen and oxygen atoms in total. The Hall–Kier alpha value is -1.12. The van der Waals surface area contributed by atoms with E-state index in [1.54, 1.807) is 19.1 Å². The lowest BCUT2D eigenvalue weighted by Crippen LogP contribution is -2.47. The molecule has 2 aliphatic rings. The molecule has 1 saturated heterocycles. The number of methoxy groups -OCH3 is 1.